The fourth-order valence-electron chi connectivity index (χ4n) is 10.3. The van der Waals surface area contributed by atoms with Crippen LogP contribution in [0.5, 0.6) is 0 Å². The molecule has 5 nitrogen and oxygen atoms in total. The van der Waals surface area contributed by atoms with Crippen LogP contribution in [0.2, 0.25) is 0 Å². The number of amides is 1. The molecule has 69 heavy (non-hydrogen) atoms. The first-order valence-electron chi connectivity index (χ1n) is 31.3. The number of nitrogens with zero attached hydrogens (tertiary/aromatic N) is 2. The van der Waals surface area contributed by atoms with Crippen LogP contribution < -0.4 is 0 Å². The standard InChI is InChI=1S/C38H74N2O3.C26H52/c1-6-10-12-14-16-17-19-21-26-36(42-33-24-20-18-15-13-11-7-2)30-29-35(5)43-37-27-25-32-40(34-37)38(41)28-22-23-31-39(8-3)9-4;1-5-7-9-11-13-15-17-19-21-26(24-23-25(3)4)22-20-18-16-14-12-10-8-6-2/h36-37H,5-34H2,1-4H3;26H,3,5-24H2,1-2,4H3. The molecular formula is C64H126N2O3. The summed E-state index contributed by atoms with van der Waals surface area (Å²) in [5.74, 6) is 2.13. The third-order valence-electron chi connectivity index (χ3n) is 15.2. The van der Waals surface area contributed by atoms with E-state index in [1.807, 2.05) is 4.90 Å². The molecule has 1 rings (SSSR count). The fraction of sp³-hybridized carbons (Fsp3) is 0.922. The van der Waals surface area contributed by atoms with Crippen LogP contribution in [0.1, 0.15) is 325 Å². The van der Waals surface area contributed by atoms with Crippen molar-refractivity contribution in [3.8, 4) is 0 Å². The first-order chi connectivity index (χ1) is 33.7. The molecule has 1 aliphatic rings. The van der Waals surface area contributed by atoms with Gasteiger partial charge in [0.1, 0.15) is 6.10 Å². The lowest BCUT2D eigenvalue weighted by atomic mass is 9.89. The Morgan fingerprint density at radius 2 is 0.971 bits per heavy atom. The Bertz CT molecular complexity index is 1050. The summed E-state index contributed by atoms with van der Waals surface area (Å²) in [6.45, 7) is 29.9. The van der Waals surface area contributed by atoms with Gasteiger partial charge in [-0.3, -0.25) is 4.79 Å². The largest absolute Gasteiger partial charge is 0.494 e. The lowest BCUT2D eigenvalue weighted by Gasteiger charge is -2.33. The van der Waals surface area contributed by atoms with Crippen LogP contribution >= 0.6 is 0 Å². The second kappa shape index (κ2) is 53.0. The van der Waals surface area contributed by atoms with Gasteiger partial charge in [-0.15, -0.1) is 6.58 Å². The highest BCUT2D eigenvalue weighted by atomic mass is 16.5. The van der Waals surface area contributed by atoms with E-state index in [4.69, 9.17) is 9.47 Å². The van der Waals surface area contributed by atoms with Gasteiger partial charge in [0.05, 0.1) is 18.4 Å². The molecule has 2 unspecified atom stereocenters. The number of carbonyl (C=O) groups is 1. The van der Waals surface area contributed by atoms with Crippen molar-refractivity contribution in [2.75, 3.05) is 39.3 Å². The highest BCUT2D eigenvalue weighted by Gasteiger charge is 2.25. The summed E-state index contributed by atoms with van der Waals surface area (Å²) in [5, 5.41) is 0. The van der Waals surface area contributed by atoms with Crippen molar-refractivity contribution >= 4 is 5.91 Å². The van der Waals surface area contributed by atoms with E-state index in [0.717, 1.165) is 89.4 Å². The second-order valence-corrected chi connectivity index (χ2v) is 22.0. The van der Waals surface area contributed by atoms with Crippen molar-refractivity contribution in [3.63, 3.8) is 0 Å². The van der Waals surface area contributed by atoms with Crippen molar-refractivity contribution in [1.82, 2.24) is 9.80 Å². The average molecular weight is 972 g/mol. The van der Waals surface area contributed by atoms with Gasteiger partial charge in [0, 0.05) is 26.0 Å². The van der Waals surface area contributed by atoms with E-state index in [0.29, 0.717) is 25.0 Å². The molecule has 0 N–H and O–H groups in total. The third kappa shape index (κ3) is 46.2. The Labute approximate surface area is 434 Å². The number of likely N-dealkylation sites (tertiary alicyclic amines) is 1. The first kappa shape index (κ1) is 67.7. The van der Waals surface area contributed by atoms with Gasteiger partial charge in [0.15, 0.2) is 0 Å². The number of ether oxygens (including phenoxy) is 2. The van der Waals surface area contributed by atoms with Gasteiger partial charge in [-0.25, -0.2) is 0 Å². The average Bonchev–Trinajstić information content (AvgIpc) is 3.35. The van der Waals surface area contributed by atoms with E-state index in [2.05, 4.69) is 66.5 Å². The van der Waals surface area contributed by atoms with Gasteiger partial charge < -0.3 is 19.3 Å². The van der Waals surface area contributed by atoms with E-state index in [9.17, 15) is 4.79 Å². The van der Waals surface area contributed by atoms with Crippen LogP contribution in [0, 0.1) is 5.92 Å². The number of hydrogen-bond acceptors (Lipinski definition) is 4. The van der Waals surface area contributed by atoms with Crippen LogP contribution in [0.25, 0.3) is 0 Å². The molecule has 1 fully saturated rings. The zero-order valence-electron chi connectivity index (χ0n) is 48.4. The second-order valence-electron chi connectivity index (χ2n) is 22.0. The summed E-state index contributed by atoms with van der Waals surface area (Å²) in [6, 6.07) is 0. The van der Waals surface area contributed by atoms with Crippen molar-refractivity contribution in [2.24, 2.45) is 5.92 Å². The number of rotatable bonds is 51. The molecule has 410 valence electrons. The maximum absolute atomic E-state index is 12.9. The summed E-state index contributed by atoms with van der Waals surface area (Å²) in [6.07, 6.45) is 56.9. The molecule has 2 atom stereocenters. The summed E-state index contributed by atoms with van der Waals surface area (Å²) in [4.78, 5) is 17.3. The molecule has 0 aromatic carbocycles. The Balaban J connectivity index is 0.00000152. The minimum atomic E-state index is 0.0839. The van der Waals surface area contributed by atoms with Crippen LogP contribution in [0.4, 0.5) is 0 Å². The van der Waals surface area contributed by atoms with Gasteiger partial charge in [-0.2, -0.15) is 0 Å². The predicted molar refractivity (Wildman–Crippen MR) is 308 cm³/mol. The van der Waals surface area contributed by atoms with Crippen LogP contribution in [0.3, 0.4) is 0 Å². The Kier molecular flexibility index (Phi) is 52.0. The topological polar surface area (TPSA) is 42.0 Å². The molecule has 0 aromatic heterocycles. The van der Waals surface area contributed by atoms with Gasteiger partial charge in [-0.05, 0) is 90.3 Å². The van der Waals surface area contributed by atoms with Crippen molar-refractivity contribution in [2.45, 2.75) is 337 Å². The predicted octanol–water partition coefficient (Wildman–Crippen LogP) is 20.5. The number of carbonyl (C=O) groups excluding carboxylic acids is 1. The normalized spacial score (nSPS) is 14.3. The quantitative estimate of drug-likeness (QED) is 0.0346. The summed E-state index contributed by atoms with van der Waals surface area (Å²) >= 11 is 0. The summed E-state index contributed by atoms with van der Waals surface area (Å²) < 4.78 is 12.8. The van der Waals surface area contributed by atoms with E-state index in [1.54, 1.807) is 0 Å². The van der Waals surface area contributed by atoms with Gasteiger partial charge in [0.2, 0.25) is 5.91 Å². The Hall–Kier alpha value is -1.33. The van der Waals surface area contributed by atoms with Crippen LogP contribution in [-0.2, 0) is 14.3 Å². The molecule has 5 heteroatoms. The zero-order valence-corrected chi connectivity index (χ0v) is 48.4. The third-order valence-corrected chi connectivity index (χ3v) is 15.2. The zero-order chi connectivity index (χ0) is 50.7. The molecule has 0 bridgehead atoms. The maximum atomic E-state index is 12.9. The summed E-state index contributed by atoms with van der Waals surface area (Å²) in [5.41, 5.74) is 1.38. The van der Waals surface area contributed by atoms with Crippen LogP contribution in [-0.4, -0.2) is 67.2 Å². The minimum Gasteiger partial charge on any atom is -0.494 e. The van der Waals surface area contributed by atoms with Gasteiger partial charge in [-0.1, -0.05) is 259 Å². The Morgan fingerprint density at radius 1 is 0.522 bits per heavy atom. The lowest BCUT2D eigenvalue weighted by molar-refractivity contribution is -0.134. The molecule has 1 amide bonds. The molecule has 0 saturated carbocycles. The first-order valence-corrected chi connectivity index (χ1v) is 31.3. The molecule has 1 aliphatic heterocycles. The number of hydrogen-bond donors (Lipinski definition) is 0. The molecular weight excluding hydrogens is 845 g/mol. The van der Waals surface area contributed by atoms with Gasteiger partial charge in [0.25, 0.3) is 0 Å². The van der Waals surface area contributed by atoms with Crippen molar-refractivity contribution in [1.29, 1.82) is 0 Å². The van der Waals surface area contributed by atoms with Crippen LogP contribution in [0.15, 0.2) is 24.5 Å². The molecule has 0 radical (unpaired) electrons. The van der Waals surface area contributed by atoms with Crippen molar-refractivity contribution < 1.29 is 14.3 Å². The number of piperidine rings is 1. The summed E-state index contributed by atoms with van der Waals surface area (Å²) in [7, 11) is 0. The van der Waals surface area contributed by atoms with E-state index < -0.39 is 0 Å². The van der Waals surface area contributed by atoms with Gasteiger partial charge >= 0.3 is 0 Å². The number of allylic oxidation sites excluding steroid dienone is 2. The van der Waals surface area contributed by atoms with E-state index in [1.165, 1.54) is 230 Å². The number of unbranched alkanes of at least 4 members (excludes halogenated alkanes) is 28. The monoisotopic (exact) mass is 971 g/mol. The highest BCUT2D eigenvalue weighted by Crippen LogP contribution is 2.26. The smallest absolute Gasteiger partial charge is 0.222 e. The fourth-order valence-corrected chi connectivity index (χ4v) is 10.3. The molecule has 0 aromatic rings. The molecule has 1 heterocycles. The molecule has 0 aliphatic carbocycles. The Morgan fingerprint density at radius 3 is 1.43 bits per heavy atom. The highest BCUT2D eigenvalue weighted by molar-refractivity contribution is 5.76. The maximum Gasteiger partial charge on any atom is 0.222 e. The van der Waals surface area contributed by atoms with Crippen molar-refractivity contribution in [3.05, 3.63) is 24.5 Å². The lowest BCUT2D eigenvalue weighted by Crippen LogP contribution is -2.43. The SMILES string of the molecule is C=C(C)CCC(CCCCCCCCCC)CCCCCCCCCC.C=C(CCC(CCCCCCCCCC)OCCCCCCCCC)OC1CCCN(C(=O)CCCCN(CC)CC)C1. The van der Waals surface area contributed by atoms with E-state index >= 15 is 0 Å². The molecule has 1 saturated heterocycles. The minimum absolute atomic E-state index is 0.0839. The van der Waals surface area contributed by atoms with E-state index in [-0.39, 0.29) is 6.10 Å². The molecule has 0 spiro atoms.